The SMILES string of the molecule is COc1cc2c(c(OC)c1OC)-c1cccc3c1C(C2)N(C)CC3. The molecule has 1 aliphatic carbocycles. The summed E-state index contributed by atoms with van der Waals surface area (Å²) in [5, 5.41) is 0. The van der Waals surface area contributed by atoms with Crippen LogP contribution in [0.3, 0.4) is 0 Å². The molecule has 0 fully saturated rings. The third kappa shape index (κ3) is 2.02. The van der Waals surface area contributed by atoms with Crippen LogP contribution in [0.25, 0.3) is 11.1 Å². The molecule has 0 saturated carbocycles. The molecule has 2 aromatic rings. The van der Waals surface area contributed by atoms with E-state index in [9.17, 15) is 0 Å². The lowest BCUT2D eigenvalue weighted by molar-refractivity contribution is 0.227. The molecule has 0 spiro atoms. The predicted molar refractivity (Wildman–Crippen MR) is 94.3 cm³/mol. The molecule has 1 aliphatic heterocycles. The first kappa shape index (κ1) is 15.3. The average molecular weight is 325 g/mol. The van der Waals surface area contributed by atoms with Gasteiger partial charge >= 0.3 is 0 Å². The van der Waals surface area contributed by atoms with Gasteiger partial charge in [-0.15, -0.1) is 0 Å². The number of nitrogens with zero attached hydrogens (tertiary/aromatic N) is 1. The second-order valence-corrected chi connectivity index (χ2v) is 6.51. The minimum atomic E-state index is 0.417. The van der Waals surface area contributed by atoms with E-state index >= 15 is 0 Å². The van der Waals surface area contributed by atoms with Crippen LogP contribution in [0.4, 0.5) is 0 Å². The summed E-state index contributed by atoms with van der Waals surface area (Å²) in [6.07, 6.45) is 2.06. The highest BCUT2D eigenvalue weighted by atomic mass is 16.5. The molecule has 0 aromatic heterocycles. The van der Waals surface area contributed by atoms with Gasteiger partial charge in [-0.2, -0.15) is 0 Å². The van der Waals surface area contributed by atoms with Gasteiger partial charge in [0, 0.05) is 18.2 Å². The topological polar surface area (TPSA) is 30.9 Å². The number of hydrogen-bond acceptors (Lipinski definition) is 4. The Labute approximate surface area is 142 Å². The molecule has 1 unspecified atom stereocenters. The standard InChI is InChI=1S/C20H23NO3/c1-21-9-8-12-6-5-7-14-17(12)15(21)10-13-11-16(22-2)19(23-3)20(24-4)18(13)14/h5-7,11,15H,8-10H2,1-4H3. The Balaban J connectivity index is 2.04. The first-order valence-corrected chi connectivity index (χ1v) is 8.33. The first-order chi connectivity index (χ1) is 11.7. The van der Waals surface area contributed by atoms with Gasteiger partial charge in [0.25, 0.3) is 0 Å². The van der Waals surface area contributed by atoms with Crippen LogP contribution in [-0.4, -0.2) is 39.8 Å². The van der Waals surface area contributed by atoms with Crippen molar-refractivity contribution in [3.8, 4) is 28.4 Å². The van der Waals surface area contributed by atoms with Gasteiger partial charge in [-0.1, -0.05) is 18.2 Å². The smallest absolute Gasteiger partial charge is 0.203 e. The fourth-order valence-electron chi connectivity index (χ4n) is 4.24. The molecule has 0 N–H and O–H groups in total. The van der Waals surface area contributed by atoms with Crippen molar-refractivity contribution in [2.75, 3.05) is 34.9 Å². The summed E-state index contributed by atoms with van der Waals surface area (Å²) in [5.74, 6) is 2.16. The van der Waals surface area contributed by atoms with Gasteiger partial charge in [0.1, 0.15) is 0 Å². The van der Waals surface area contributed by atoms with E-state index in [0.29, 0.717) is 11.8 Å². The Kier molecular flexibility index (Phi) is 3.65. The molecule has 2 aromatic carbocycles. The Morgan fingerprint density at radius 1 is 1.00 bits per heavy atom. The van der Waals surface area contributed by atoms with Crippen molar-refractivity contribution in [3.05, 3.63) is 41.0 Å². The summed E-state index contributed by atoms with van der Waals surface area (Å²) < 4.78 is 16.9. The molecule has 2 aliphatic rings. The number of likely N-dealkylation sites (N-methyl/N-ethyl adjacent to an activating group) is 1. The lowest BCUT2D eigenvalue weighted by Crippen LogP contribution is -2.35. The van der Waals surface area contributed by atoms with Crippen LogP contribution < -0.4 is 14.2 Å². The van der Waals surface area contributed by atoms with Gasteiger partial charge in [-0.3, -0.25) is 4.90 Å². The quantitative estimate of drug-likeness (QED) is 0.865. The largest absolute Gasteiger partial charge is 0.493 e. The fourth-order valence-corrected chi connectivity index (χ4v) is 4.24. The van der Waals surface area contributed by atoms with E-state index in [2.05, 4.69) is 36.2 Å². The van der Waals surface area contributed by atoms with Gasteiger partial charge in [0.2, 0.25) is 5.75 Å². The normalized spacial score (nSPS) is 18.6. The molecule has 0 bridgehead atoms. The van der Waals surface area contributed by atoms with Crippen molar-refractivity contribution < 1.29 is 14.2 Å². The molecule has 4 nitrogen and oxygen atoms in total. The summed E-state index contributed by atoms with van der Waals surface area (Å²) in [5.41, 5.74) is 6.58. The van der Waals surface area contributed by atoms with Crippen molar-refractivity contribution in [3.63, 3.8) is 0 Å². The predicted octanol–water partition coefficient (Wildman–Crippen LogP) is 3.46. The summed E-state index contributed by atoms with van der Waals surface area (Å²) in [4.78, 5) is 2.46. The number of methoxy groups -OCH3 is 3. The molecule has 1 atom stereocenters. The van der Waals surface area contributed by atoms with Gasteiger partial charge < -0.3 is 14.2 Å². The van der Waals surface area contributed by atoms with E-state index in [-0.39, 0.29) is 0 Å². The van der Waals surface area contributed by atoms with E-state index < -0.39 is 0 Å². The number of hydrogen-bond donors (Lipinski definition) is 0. The van der Waals surface area contributed by atoms with Crippen LogP contribution in [-0.2, 0) is 12.8 Å². The van der Waals surface area contributed by atoms with Crippen LogP contribution in [0.2, 0.25) is 0 Å². The lowest BCUT2D eigenvalue weighted by Gasteiger charge is -2.40. The third-order valence-corrected chi connectivity index (χ3v) is 5.39. The number of benzene rings is 2. The highest BCUT2D eigenvalue weighted by molar-refractivity contribution is 5.84. The van der Waals surface area contributed by atoms with Crippen molar-refractivity contribution in [2.24, 2.45) is 0 Å². The van der Waals surface area contributed by atoms with Crippen molar-refractivity contribution >= 4 is 0 Å². The maximum Gasteiger partial charge on any atom is 0.203 e. The van der Waals surface area contributed by atoms with E-state index in [1.807, 2.05) is 0 Å². The fraction of sp³-hybridized carbons (Fsp3) is 0.400. The Bertz CT molecular complexity index is 800. The molecule has 4 rings (SSSR count). The Hall–Kier alpha value is -2.20. The van der Waals surface area contributed by atoms with Crippen molar-refractivity contribution in [2.45, 2.75) is 18.9 Å². The first-order valence-electron chi connectivity index (χ1n) is 8.33. The molecule has 0 amide bonds. The zero-order chi connectivity index (χ0) is 16.8. The Morgan fingerprint density at radius 3 is 2.50 bits per heavy atom. The van der Waals surface area contributed by atoms with Crippen LogP contribution in [0.15, 0.2) is 24.3 Å². The van der Waals surface area contributed by atoms with Gasteiger partial charge in [-0.25, -0.2) is 0 Å². The van der Waals surface area contributed by atoms with Gasteiger partial charge in [0.15, 0.2) is 11.5 Å². The number of fused-ring (bicyclic) bond motifs is 2. The van der Waals surface area contributed by atoms with Gasteiger partial charge in [-0.05, 0) is 48.2 Å². The average Bonchev–Trinajstić information content (AvgIpc) is 2.62. The summed E-state index contributed by atoms with van der Waals surface area (Å²) in [6.45, 7) is 1.10. The van der Waals surface area contributed by atoms with Crippen LogP contribution in [0, 0.1) is 0 Å². The lowest BCUT2D eigenvalue weighted by atomic mass is 9.77. The van der Waals surface area contributed by atoms with E-state index in [1.54, 1.807) is 21.3 Å². The van der Waals surface area contributed by atoms with Crippen LogP contribution in [0.1, 0.15) is 22.7 Å². The van der Waals surface area contributed by atoms with Crippen molar-refractivity contribution in [1.29, 1.82) is 0 Å². The van der Waals surface area contributed by atoms with E-state index in [0.717, 1.165) is 36.4 Å². The highest BCUT2D eigenvalue weighted by Crippen LogP contribution is 2.53. The highest BCUT2D eigenvalue weighted by Gasteiger charge is 2.35. The molecular weight excluding hydrogens is 302 g/mol. The zero-order valence-corrected chi connectivity index (χ0v) is 14.7. The van der Waals surface area contributed by atoms with Crippen LogP contribution >= 0.6 is 0 Å². The number of ether oxygens (including phenoxy) is 3. The maximum atomic E-state index is 5.77. The van der Waals surface area contributed by atoms with E-state index in [4.69, 9.17) is 14.2 Å². The summed E-state index contributed by atoms with van der Waals surface area (Å²) in [6, 6.07) is 9.14. The van der Waals surface area contributed by atoms with E-state index in [1.165, 1.54) is 22.3 Å². The molecule has 1 heterocycles. The monoisotopic (exact) mass is 325 g/mol. The molecule has 0 radical (unpaired) electrons. The second-order valence-electron chi connectivity index (χ2n) is 6.51. The maximum absolute atomic E-state index is 5.77. The number of rotatable bonds is 3. The summed E-state index contributed by atoms with van der Waals surface area (Å²) in [7, 11) is 7.25. The molecule has 24 heavy (non-hydrogen) atoms. The minimum absolute atomic E-state index is 0.417. The third-order valence-electron chi connectivity index (χ3n) is 5.39. The second kappa shape index (κ2) is 5.71. The Morgan fingerprint density at radius 2 is 1.79 bits per heavy atom. The molecule has 4 heteroatoms. The summed E-state index contributed by atoms with van der Waals surface area (Å²) >= 11 is 0. The van der Waals surface area contributed by atoms with Crippen LogP contribution in [0.5, 0.6) is 17.2 Å². The minimum Gasteiger partial charge on any atom is -0.493 e. The van der Waals surface area contributed by atoms with Gasteiger partial charge in [0.05, 0.1) is 21.3 Å². The zero-order valence-electron chi connectivity index (χ0n) is 14.7. The van der Waals surface area contributed by atoms with Crippen molar-refractivity contribution in [1.82, 2.24) is 4.90 Å². The molecule has 0 saturated heterocycles. The molecule has 126 valence electrons. The molecular formula is C20H23NO3.